The van der Waals surface area contributed by atoms with Crippen LogP contribution in [0.5, 0.6) is 0 Å². The number of hydrogen-bond donors (Lipinski definition) is 0. The Balaban J connectivity index is 1.65. The molecule has 3 heterocycles. The lowest BCUT2D eigenvalue weighted by Crippen LogP contribution is -2.34. The molecule has 22 heavy (non-hydrogen) atoms. The Bertz CT molecular complexity index is 710. The van der Waals surface area contributed by atoms with Gasteiger partial charge in [0.25, 0.3) is 10.0 Å². The Kier molecular flexibility index (Phi) is 4.94. The lowest BCUT2D eigenvalue weighted by molar-refractivity contribution is 0.276. The summed E-state index contributed by atoms with van der Waals surface area (Å²) in [5.74, 6) is 0. The average molecular weight is 358 g/mol. The van der Waals surface area contributed by atoms with Gasteiger partial charge in [0.15, 0.2) is 0 Å². The smallest absolute Gasteiger partial charge is 0.252 e. The van der Waals surface area contributed by atoms with Crippen molar-refractivity contribution in [2.75, 3.05) is 26.2 Å². The molecule has 2 aromatic heterocycles. The third-order valence-electron chi connectivity index (χ3n) is 3.69. The van der Waals surface area contributed by atoms with Crippen molar-refractivity contribution in [3.8, 4) is 0 Å². The lowest BCUT2D eigenvalue weighted by Gasteiger charge is -2.20. The first kappa shape index (κ1) is 16.1. The third kappa shape index (κ3) is 3.57. The number of sulfonamides is 1. The monoisotopic (exact) mass is 357 g/mol. The fourth-order valence-corrected chi connectivity index (χ4v) is 5.81. The molecule has 8 heteroatoms. The minimum atomic E-state index is -3.32. The maximum absolute atomic E-state index is 12.6. The van der Waals surface area contributed by atoms with Crippen LogP contribution in [-0.4, -0.2) is 48.8 Å². The molecule has 0 atom stereocenters. The van der Waals surface area contributed by atoms with Gasteiger partial charge in [-0.3, -0.25) is 4.90 Å². The highest BCUT2D eigenvalue weighted by Crippen LogP contribution is 2.22. The average Bonchev–Trinajstić information content (AvgIpc) is 3.08. The van der Waals surface area contributed by atoms with Crippen LogP contribution in [0.1, 0.15) is 17.1 Å². The van der Waals surface area contributed by atoms with Gasteiger partial charge in [0.2, 0.25) is 0 Å². The third-order valence-corrected chi connectivity index (χ3v) is 7.78. The first-order valence-corrected chi connectivity index (χ1v) is 10.4. The van der Waals surface area contributed by atoms with Gasteiger partial charge < -0.3 is 0 Å². The molecule has 1 saturated heterocycles. The second-order valence-electron chi connectivity index (χ2n) is 5.32. The maximum atomic E-state index is 12.6. The molecule has 120 valence electrons. The van der Waals surface area contributed by atoms with Crippen LogP contribution in [0.2, 0.25) is 0 Å². The second-order valence-corrected chi connectivity index (χ2v) is 9.50. The molecule has 0 aliphatic carbocycles. The fourth-order valence-electron chi connectivity index (χ4n) is 2.59. The molecular formula is C14H19N3O2S3. The topological polar surface area (TPSA) is 53.5 Å². The van der Waals surface area contributed by atoms with E-state index in [-0.39, 0.29) is 0 Å². The molecule has 0 saturated carbocycles. The van der Waals surface area contributed by atoms with Crippen LogP contribution in [0.25, 0.3) is 0 Å². The maximum Gasteiger partial charge on any atom is 0.252 e. The van der Waals surface area contributed by atoms with Crippen LogP contribution in [0.3, 0.4) is 0 Å². The number of aromatic nitrogens is 1. The summed E-state index contributed by atoms with van der Waals surface area (Å²) in [6, 6.07) is 3.47. The van der Waals surface area contributed by atoms with Gasteiger partial charge in [-0.15, -0.1) is 22.7 Å². The largest absolute Gasteiger partial charge is 0.296 e. The van der Waals surface area contributed by atoms with Gasteiger partial charge in [0, 0.05) is 31.6 Å². The molecule has 3 rings (SSSR count). The van der Waals surface area contributed by atoms with Gasteiger partial charge in [-0.05, 0) is 31.3 Å². The van der Waals surface area contributed by atoms with Gasteiger partial charge in [-0.2, -0.15) is 4.31 Å². The van der Waals surface area contributed by atoms with Gasteiger partial charge in [0.05, 0.1) is 10.7 Å². The Hall–Kier alpha value is -0.800. The number of rotatable bonds is 4. The summed E-state index contributed by atoms with van der Waals surface area (Å²) in [7, 11) is -3.32. The Labute approximate surface area is 139 Å². The van der Waals surface area contributed by atoms with Crippen molar-refractivity contribution in [3.63, 3.8) is 0 Å². The van der Waals surface area contributed by atoms with Crippen molar-refractivity contribution in [2.45, 2.75) is 24.1 Å². The summed E-state index contributed by atoms with van der Waals surface area (Å²) in [6.07, 6.45) is 0.855. The molecule has 5 nitrogen and oxygen atoms in total. The minimum Gasteiger partial charge on any atom is -0.296 e. The van der Waals surface area contributed by atoms with Crippen molar-refractivity contribution >= 4 is 32.7 Å². The molecule has 0 spiro atoms. The van der Waals surface area contributed by atoms with E-state index in [9.17, 15) is 8.42 Å². The van der Waals surface area contributed by atoms with Crippen molar-refractivity contribution in [3.05, 3.63) is 33.6 Å². The molecule has 0 N–H and O–H groups in total. The van der Waals surface area contributed by atoms with Gasteiger partial charge >= 0.3 is 0 Å². The van der Waals surface area contributed by atoms with Gasteiger partial charge in [0.1, 0.15) is 4.21 Å². The van der Waals surface area contributed by atoms with Crippen LogP contribution >= 0.6 is 22.7 Å². The SMILES string of the molecule is Cc1nc(CN2CCCN(S(=O)(=O)c3cccs3)CC2)cs1. The van der Waals surface area contributed by atoms with E-state index >= 15 is 0 Å². The van der Waals surface area contributed by atoms with Crippen molar-refractivity contribution in [2.24, 2.45) is 0 Å². The molecule has 0 amide bonds. The molecule has 0 unspecified atom stereocenters. The van der Waals surface area contributed by atoms with Gasteiger partial charge in [-0.1, -0.05) is 6.07 Å². The van der Waals surface area contributed by atoms with E-state index in [4.69, 9.17) is 0 Å². The minimum absolute atomic E-state index is 0.441. The van der Waals surface area contributed by atoms with E-state index in [0.717, 1.165) is 36.8 Å². The molecular weight excluding hydrogens is 338 g/mol. The molecule has 1 fully saturated rings. The van der Waals surface area contributed by atoms with Crippen LogP contribution in [-0.2, 0) is 16.6 Å². The molecule has 1 aliphatic rings. The zero-order valence-electron chi connectivity index (χ0n) is 12.4. The van der Waals surface area contributed by atoms with Crippen molar-refractivity contribution < 1.29 is 8.42 Å². The first-order chi connectivity index (χ1) is 10.6. The predicted octanol–water partition coefficient (Wildman–Crippen LogP) is 2.41. The van der Waals surface area contributed by atoms with Crippen LogP contribution in [0, 0.1) is 6.92 Å². The zero-order chi connectivity index (χ0) is 15.6. The summed E-state index contributed by atoms with van der Waals surface area (Å²) < 4.78 is 27.2. The Morgan fingerprint density at radius 1 is 1.23 bits per heavy atom. The molecule has 0 bridgehead atoms. The Morgan fingerprint density at radius 3 is 2.77 bits per heavy atom. The fraction of sp³-hybridized carbons (Fsp3) is 0.500. The molecule has 2 aromatic rings. The number of nitrogens with zero attached hydrogens (tertiary/aromatic N) is 3. The van der Waals surface area contributed by atoms with E-state index in [2.05, 4.69) is 15.3 Å². The first-order valence-electron chi connectivity index (χ1n) is 7.23. The standard InChI is InChI=1S/C14H19N3O2S3/c1-12-15-13(11-21-12)10-16-5-3-6-17(8-7-16)22(18,19)14-4-2-9-20-14/h2,4,9,11H,3,5-8,10H2,1H3. The van der Waals surface area contributed by atoms with Crippen LogP contribution < -0.4 is 0 Å². The predicted molar refractivity (Wildman–Crippen MR) is 89.8 cm³/mol. The summed E-state index contributed by atoms with van der Waals surface area (Å²) in [5.41, 5.74) is 1.08. The second kappa shape index (κ2) is 6.76. The van der Waals surface area contributed by atoms with E-state index in [0.29, 0.717) is 17.3 Å². The quantitative estimate of drug-likeness (QED) is 0.843. The highest BCUT2D eigenvalue weighted by molar-refractivity contribution is 7.91. The number of hydrogen-bond acceptors (Lipinski definition) is 6. The summed E-state index contributed by atoms with van der Waals surface area (Å²) >= 11 is 2.94. The molecule has 1 aliphatic heterocycles. The normalized spacial score (nSPS) is 18.4. The van der Waals surface area contributed by atoms with Crippen molar-refractivity contribution in [1.82, 2.24) is 14.2 Å². The van der Waals surface area contributed by atoms with E-state index in [1.54, 1.807) is 27.8 Å². The number of thiophene rings is 1. The number of aryl methyl sites for hydroxylation is 1. The van der Waals surface area contributed by atoms with Gasteiger partial charge in [-0.25, -0.2) is 13.4 Å². The highest BCUT2D eigenvalue weighted by Gasteiger charge is 2.27. The summed E-state index contributed by atoms with van der Waals surface area (Å²) in [5, 5.41) is 4.97. The van der Waals surface area contributed by atoms with Crippen LogP contribution in [0.15, 0.2) is 27.1 Å². The van der Waals surface area contributed by atoms with Crippen LogP contribution in [0.4, 0.5) is 0 Å². The van der Waals surface area contributed by atoms with E-state index in [1.165, 1.54) is 11.3 Å². The summed E-state index contributed by atoms with van der Waals surface area (Å²) in [6.45, 7) is 5.60. The Morgan fingerprint density at radius 2 is 2.09 bits per heavy atom. The highest BCUT2D eigenvalue weighted by atomic mass is 32.2. The summed E-state index contributed by atoms with van der Waals surface area (Å²) in [4.78, 5) is 6.78. The number of thiazole rings is 1. The van der Waals surface area contributed by atoms with Crippen molar-refractivity contribution in [1.29, 1.82) is 0 Å². The molecule has 0 radical (unpaired) electrons. The zero-order valence-corrected chi connectivity index (χ0v) is 14.9. The van der Waals surface area contributed by atoms with E-state index in [1.807, 2.05) is 12.3 Å². The molecule has 0 aromatic carbocycles. The van der Waals surface area contributed by atoms with E-state index < -0.39 is 10.0 Å². The lowest BCUT2D eigenvalue weighted by atomic mass is 10.3.